The average molecular weight is 256 g/mol. The molecule has 0 spiro atoms. The third-order valence-electron chi connectivity index (χ3n) is 1.46. The van der Waals surface area contributed by atoms with Crippen molar-refractivity contribution in [3.63, 3.8) is 0 Å². The number of carbonyl (C=O) groups is 1. The van der Waals surface area contributed by atoms with E-state index in [9.17, 15) is 4.79 Å². The lowest BCUT2D eigenvalue weighted by atomic mass is 10.3. The van der Waals surface area contributed by atoms with Gasteiger partial charge in [0.05, 0.1) is 5.51 Å². The quantitative estimate of drug-likeness (QED) is 0.856. The normalized spacial score (nSPS) is 11.6. The second-order valence-corrected chi connectivity index (χ2v) is 3.80. The number of thiazole rings is 1. The third-order valence-corrected chi connectivity index (χ3v) is 2.69. The number of nitrogens with one attached hydrogen (secondary N) is 1. The number of carbonyl (C=O) groups excluding carboxylic acids is 1. The maximum absolute atomic E-state index is 11.4. The summed E-state index contributed by atoms with van der Waals surface area (Å²) in [4.78, 5) is 15.6. The second-order valence-electron chi connectivity index (χ2n) is 2.58. The smallest absolute Gasteiger partial charge is 0.264 e. The van der Waals surface area contributed by atoms with E-state index in [1.54, 1.807) is 0 Å². The van der Waals surface area contributed by atoms with Crippen LogP contribution >= 0.6 is 35.3 Å². The van der Waals surface area contributed by atoms with Crippen LogP contribution in [0.1, 0.15) is 16.6 Å². The van der Waals surface area contributed by atoms with Crippen LogP contribution in [0.15, 0.2) is 5.51 Å². The van der Waals surface area contributed by atoms with E-state index in [-0.39, 0.29) is 29.5 Å². The summed E-state index contributed by atoms with van der Waals surface area (Å²) in [5, 5.41) is 2.94. The first-order valence-electron chi connectivity index (χ1n) is 3.75. The molecule has 0 aliphatic carbocycles. The van der Waals surface area contributed by atoms with E-state index in [0.29, 0.717) is 11.4 Å². The van der Waals surface area contributed by atoms with E-state index in [2.05, 4.69) is 10.3 Å². The maximum atomic E-state index is 11.4. The Balaban J connectivity index is 0.00000169. The molecule has 0 unspecified atom stereocenters. The molecule has 0 aromatic carbocycles. The molecule has 1 aromatic rings. The molecule has 0 fully saturated rings. The fourth-order valence-corrected chi connectivity index (χ4v) is 1.63. The van der Waals surface area contributed by atoms with Crippen molar-refractivity contribution in [1.82, 2.24) is 10.3 Å². The van der Waals surface area contributed by atoms with E-state index in [1.807, 2.05) is 6.92 Å². The SMILES string of the molecule is C[C@H](CN)NC(=O)c1scnc1Cl.Cl. The predicted molar refractivity (Wildman–Crippen MR) is 60.4 cm³/mol. The number of halogens is 2. The van der Waals surface area contributed by atoms with Gasteiger partial charge in [0.1, 0.15) is 4.88 Å². The van der Waals surface area contributed by atoms with Crippen LogP contribution in [0, 0.1) is 0 Å². The van der Waals surface area contributed by atoms with Crippen molar-refractivity contribution in [2.24, 2.45) is 5.73 Å². The number of hydrogen-bond acceptors (Lipinski definition) is 4. The highest BCUT2D eigenvalue weighted by Gasteiger charge is 2.14. The summed E-state index contributed by atoms with van der Waals surface area (Å²) in [6, 6.07) is -0.0503. The number of rotatable bonds is 3. The lowest BCUT2D eigenvalue weighted by Gasteiger charge is -2.09. The molecule has 1 heterocycles. The third kappa shape index (κ3) is 3.42. The van der Waals surface area contributed by atoms with E-state index >= 15 is 0 Å². The first-order chi connectivity index (χ1) is 6.15. The molecule has 1 rings (SSSR count). The summed E-state index contributed by atoms with van der Waals surface area (Å²) in [5.41, 5.74) is 6.88. The molecule has 80 valence electrons. The van der Waals surface area contributed by atoms with Crippen LogP contribution in [0.25, 0.3) is 0 Å². The molecule has 0 saturated carbocycles. The van der Waals surface area contributed by atoms with Gasteiger partial charge in [0.15, 0.2) is 5.15 Å². The molecule has 1 aromatic heterocycles. The van der Waals surface area contributed by atoms with Gasteiger partial charge in [-0.1, -0.05) is 11.6 Å². The number of amides is 1. The number of nitrogens with zero attached hydrogens (tertiary/aromatic N) is 1. The van der Waals surface area contributed by atoms with E-state index in [1.165, 1.54) is 16.8 Å². The zero-order valence-electron chi connectivity index (χ0n) is 7.49. The first kappa shape index (κ1) is 13.6. The van der Waals surface area contributed by atoms with Crippen LogP contribution in [-0.4, -0.2) is 23.5 Å². The molecule has 7 heteroatoms. The van der Waals surface area contributed by atoms with Crippen molar-refractivity contribution in [3.05, 3.63) is 15.5 Å². The molecule has 3 N–H and O–H groups in total. The number of hydrogen-bond donors (Lipinski definition) is 2. The van der Waals surface area contributed by atoms with Crippen LogP contribution in [0.2, 0.25) is 5.15 Å². The van der Waals surface area contributed by atoms with Gasteiger partial charge in [-0.3, -0.25) is 4.79 Å². The molecule has 14 heavy (non-hydrogen) atoms. The minimum absolute atomic E-state index is 0. The zero-order chi connectivity index (χ0) is 9.84. The van der Waals surface area contributed by atoms with Gasteiger partial charge in [-0.05, 0) is 6.92 Å². The van der Waals surface area contributed by atoms with Crippen molar-refractivity contribution in [3.8, 4) is 0 Å². The van der Waals surface area contributed by atoms with Crippen molar-refractivity contribution < 1.29 is 4.79 Å². The van der Waals surface area contributed by atoms with E-state index in [4.69, 9.17) is 17.3 Å². The summed E-state index contributed by atoms with van der Waals surface area (Å²) in [6.45, 7) is 2.23. The topological polar surface area (TPSA) is 68.0 Å². The highest BCUT2D eigenvalue weighted by molar-refractivity contribution is 7.12. The van der Waals surface area contributed by atoms with Gasteiger partial charge in [0.2, 0.25) is 0 Å². The van der Waals surface area contributed by atoms with Crippen molar-refractivity contribution in [2.45, 2.75) is 13.0 Å². The molecule has 0 bridgehead atoms. The number of nitrogens with two attached hydrogens (primary N) is 1. The molecular formula is C7H11Cl2N3OS. The monoisotopic (exact) mass is 255 g/mol. The largest absolute Gasteiger partial charge is 0.348 e. The lowest BCUT2D eigenvalue weighted by molar-refractivity contribution is 0.0945. The number of aromatic nitrogens is 1. The van der Waals surface area contributed by atoms with Gasteiger partial charge in [-0.25, -0.2) is 4.98 Å². The van der Waals surface area contributed by atoms with Gasteiger partial charge in [-0.15, -0.1) is 23.7 Å². The fourth-order valence-electron chi connectivity index (χ4n) is 0.728. The van der Waals surface area contributed by atoms with Crippen molar-refractivity contribution >= 4 is 41.3 Å². The highest BCUT2D eigenvalue weighted by Crippen LogP contribution is 2.17. The summed E-state index contributed by atoms with van der Waals surface area (Å²) < 4.78 is 0. The van der Waals surface area contributed by atoms with Crippen LogP contribution in [-0.2, 0) is 0 Å². The molecule has 0 radical (unpaired) electrons. The van der Waals surface area contributed by atoms with Gasteiger partial charge in [0.25, 0.3) is 5.91 Å². The summed E-state index contributed by atoms with van der Waals surface area (Å²) in [6.07, 6.45) is 0. The highest BCUT2D eigenvalue weighted by atomic mass is 35.5. The van der Waals surface area contributed by atoms with Crippen molar-refractivity contribution in [2.75, 3.05) is 6.54 Å². The standard InChI is InChI=1S/C7H10ClN3OS.ClH/c1-4(2-9)11-7(12)5-6(8)10-3-13-5;/h3-4H,2,9H2,1H3,(H,11,12);1H/t4-;/m1./s1. The molecular weight excluding hydrogens is 245 g/mol. The second kappa shape index (κ2) is 6.19. The zero-order valence-corrected chi connectivity index (χ0v) is 9.88. The van der Waals surface area contributed by atoms with Gasteiger partial charge >= 0.3 is 0 Å². The van der Waals surface area contributed by atoms with Gasteiger partial charge in [0, 0.05) is 12.6 Å². The molecule has 1 amide bonds. The predicted octanol–water partition coefficient (Wildman–Crippen LogP) is 1.30. The molecule has 0 saturated heterocycles. The van der Waals surface area contributed by atoms with Crippen LogP contribution in [0.5, 0.6) is 0 Å². The van der Waals surface area contributed by atoms with Crippen LogP contribution < -0.4 is 11.1 Å². The Bertz CT molecular complexity index is 305. The first-order valence-corrected chi connectivity index (χ1v) is 5.00. The van der Waals surface area contributed by atoms with E-state index < -0.39 is 0 Å². The van der Waals surface area contributed by atoms with Crippen LogP contribution in [0.3, 0.4) is 0 Å². The Hall–Kier alpha value is -0.360. The summed E-state index contributed by atoms with van der Waals surface area (Å²) >= 11 is 6.88. The Morgan fingerprint density at radius 3 is 2.93 bits per heavy atom. The lowest BCUT2D eigenvalue weighted by Crippen LogP contribution is -2.37. The molecule has 0 aliphatic rings. The molecule has 4 nitrogen and oxygen atoms in total. The van der Waals surface area contributed by atoms with Crippen LogP contribution in [0.4, 0.5) is 0 Å². The Labute approximate surface area is 97.3 Å². The van der Waals surface area contributed by atoms with Gasteiger partial charge < -0.3 is 11.1 Å². The maximum Gasteiger partial charge on any atom is 0.264 e. The van der Waals surface area contributed by atoms with Crippen molar-refractivity contribution in [1.29, 1.82) is 0 Å². The Morgan fingerprint density at radius 2 is 2.50 bits per heavy atom. The fraction of sp³-hybridized carbons (Fsp3) is 0.429. The molecule has 0 aliphatic heterocycles. The van der Waals surface area contributed by atoms with Gasteiger partial charge in [-0.2, -0.15) is 0 Å². The van der Waals surface area contributed by atoms with E-state index in [0.717, 1.165) is 0 Å². The average Bonchev–Trinajstić information content (AvgIpc) is 2.51. The Morgan fingerprint density at radius 1 is 1.86 bits per heavy atom. The minimum atomic E-state index is -0.217. The summed E-state index contributed by atoms with van der Waals surface area (Å²) in [7, 11) is 0. The summed E-state index contributed by atoms with van der Waals surface area (Å²) in [5.74, 6) is -0.217. The Kier molecular flexibility index (Phi) is 6.03. The molecule has 1 atom stereocenters. The minimum Gasteiger partial charge on any atom is -0.348 e.